The Morgan fingerprint density at radius 3 is 2.58 bits per heavy atom. The fourth-order valence-electron chi connectivity index (χ4n) is 2.04. The number of aryl methyl sites for hydroxylation is 1. The fraction of sp³-hybridized carbons (Fsp3) is 0.600. The Labute approximate surface area is 111 Å². The second kappa shape index (κ2) is 5.17. The van der Waals surface area contributed by atoms with E-state index in [0.29, 0.717) is 25.9 Å². The van der Waals surface area contributed by atoms with Crippen LogP contribution in [0, 0.1) is 0 Å². The number of aromatic nitrogens is 2. The molecule has 106 valence electrons. The van der Waals surface area contributed by atoms with Gasteiger partial charge in [-0.25, -0.2) is 13.2 Å². The highest BCUT2D eigenvalue weighted by Gasteiger charge is 2.31. The summed E-state index contributed by atoms with van der Waals surface area (Å²) in [7, 11) is -1.86. The van der Waals surface area contributed by atoms with Crippen LogP contribution in [0.1, 0.15) is 12.8 Å². The molecule has 0 spiro atoms. The van der Waals surface area contributed by atoms with E-state index >= 15 is 0 Å². The second-order valence-corrected chi connectivity index (χ2v) is 6.33. The van der Waals surface area contributed by atoms with E-state index in [1.165, 1.54) is 21.4 Å². The summed E-state index contributed by atoms with van der Waals surface area (Å²) in [6, 6.07) is 0. The highest BCUT2D eigenvalue weighted by molar-refractivity contribution is 7.89. The van der Waals surface area contributed by atoms with E-state index in [-0.39, 0.29) is 11.0 Å². The van der Waals surface area contributed by atoms with Crippen LogP contribution in [0.5, 0.6) is 0 Å². The second-order valence-electron chi connectivity index (χ2n) is 4.39. The van der Waals surface area contributed by atoms with E-state index < -0.39 is 16.1 Å². The number of carbonyl (C=O) groups is 1. The van der Waals surface area contributed by atoms with Gasteiger partial charge in [-0.15, -0.1) is 0 Å². The monoisotopic (exact) mass is 288 g/mol. The van der Waals surface area contributed by atoms with E-state index in [9.17, 15) is 13.2 Å². The molecule has 9 heteroatoms. The smallest absolute Gasteiger partial charge is 0.404 e. The van der Waals surface area contributed by atoms with Gasteiger partial charge in [-0.3, -0.25) is 4.68 Å². The molecule has 8 nitrogen and oxygen atoms in total. The predicted octanol–water partition coefficient (Wildman–Crippen LogP) is -0.331. The van der Waals surface area contributed by atoms with Gasteiger partial charge in [0.25, 0.3) is 0 Å². The van der Waals surface area contributed by atoms with E-state index in [1.54, 1.807) is 7.05 Å². The van der Waals surface area contributed by atoms with Crippen LogP contribution in [-0.2, 0) is 21.8 Å². The van der Waals surface area contributed by atoms with E-state index in [1.807, 2.05) is 0 Å². The average molecular weight is 288 g/mol. The summed E-state index contributed by atoms with van der Waals surface area (Å²) in [6.45, 7) is 0.602. The number of amides is 1. The van der Waals surface area contributed by atoms with E-state index in [2.05, 4.69) is 5.10 Å². The molecule has 0 saturated carbocycles. The first-order chi connectivity index (χ1) is 8.89. The highest BCUT2D eigenvalue weighted by atomic mass is 32.2. The van der Waals surface area contributed by atoms with Crippen molar-refractivity contribution in [2.75, 3.05) is 13.1 Å². The highest BCUT2D eigenvalue weighted by Crippen LogP contribution is 2.21. The summed E-state index contributed by atoms with van der Waals surface area (Å²) < 4.78 is 32.2. The summed E-state index contributed by atoms with van der Waals surface area (Å²) in [5.74, 6) is 0. The predicted molar refractivity (Wildman–Crippen MR) is 65.7 cm³/mol. The molecule has 1 amide bonds. The maximum absolute atomic E-state index is 12.3. The van der Waals surface area contributed by atoms with Crippen LogP contribution in [-0.4, -0.2) is 47.8 Å². The molecule has 0 aromatic carbocycles. The summed E-state index contributed by atoms with van der Waals surface area (Å²) in [5.41, 5.74) is 4.93. The largest absolute Gasteiger partial charge is 0.446 e. The summed E-state index contributed by atoms with van der Waals surface area (Å²) in [4.78, 5) is 10.8. The zero-order valence-electron chi connectivity index (χ0n) is 10.5. The topological polar surface area (TPSA) is 108 Å². The van der Waals surface area contributed by atoms with Gasteiger partial charge in [0.15, 0.2) is 0 Å². The van der Waals surface area contributed by atoms with Crippen molar-refractivity contribution in [3.63, 3.8) is 0 Å². The number of ether oxygens (including phenoxy) is 1. The Hall–Kier alpha value is -1.61. The standard InChI is InChI=1S/C10H16N4O4S/c1-13-7-9(6-12-13)19(16,17)14-4-2-8(3-5-14)18-10(11)15/h6-8H,2-5H2,1H3,(H2,11,15). The lowest BCUT2D eigenvalue weighted by atomic mass is 10.1. The van der Waals surface area contributed by atoms with Gasteiger partial charge in [0.05, 0.1) is 6.20 Å². The first-order valence-electron chi connectivity index (χ1n) is 5.84. The summed E-state index contributed by atoms with van der Waals surface area (Å²) >= 11 is 0. The van der Waals surface area contributed by atoms with Crippen LogP contribution in [0.15, 0.2) is 17.3 Å². The Kier molecular flexibility index (Phi) is 3.76. The minimum Gasteiger partial charge on any atom is -0.446 e. The van der Waals surface area contributed by atoms with Crippen LogP contribution in [0.3, 0.4) is 0 Å². The third kappa shape index (κ3) is 3.04. The summed E-state index contributed by atoms with van der Waals surface area (Å²) in [5, 5.41) is 3.86. The van der Waals surface area contributed by atoms with Gasteiger partial charge in [0.1, 0.15) is 11.0 Å². The van der Waals surface area contributed by atoms with Crippen molar-refractivity contribution >= 4 is 16.1 Å². The van der Waals surface area contributed by atoms with Gasteiger partial charge in [0, 0.05) is 26.3 Å². The van der Waals surface area contributed by atoms with Crippen molar-refractivity contribution in [3.05, 3.63) is 12.4 Å². The quantitative estimate of drug-likeness (QED) is 0.819. The van der Waals surface area contributed by atoms with Gasteiger partial charge in [-0.1, -0.05) is 0 Å². The number of primary amides is 1. The van der Waals surface area contributed by atoms with Crippen molar-refractivity contribution in [3.8, 4) is 0 Å². The molecule has 19 heavy (non-hydrogen) atoms. The molecule has 1 aliphatic rings. The number of hydrogen-bond acceptors (Lipinski definition) is 5. The normalized spacial score (nSPS) is 18.4. The SMILES string of the molecule is Cn1cc(S(=O)(=O)N2CCC(OC(N)=O)CC2)cn1. The molecule has 2 heterocycles. The number of nitrogens with two attached hydrogens (primary N) is 1. The fourth-order valence-corrected chi connectivity index (χ4v) is 3.49. The number of sulfonamides is 1. The molecule has 0 aliphatic carbocycles. The molecule has 2 N–H and O–H groups in total. The van der Waals surface area contributed by atoms with Gasteiger partial charge < -0.3 is 10.5 Å². The van der Waals surface area contributed by atoms with Crippen molar-refractivity contribution in [2.24, 2.45) is 12.8 Å². The molecule has 0 unspecified atom stereocenters. The zero-order valence-corrected chi connectivity index (χ0v) is 11.3. The van der Waals surface area contributed by atoms with E-state index in [0.717, 1.165) is 0 Å². The van der Waals surface area contributed by atoms with Crippen LogP contribution in [0.4, 0.5) is 4.79 Å². The van der Waals surface area contributed by atoms with Gasteiger partial charge in [0.2, 0.25) is 10.0 Å². The van der Waals surface area contributed by atoms with Crippen molar-refractivity contribution in [1.29, 1.82) is 0 Å². The van der Waals surface area contributed by atoms with Gasteiger partial charge in [-0.05, 0) is 12.8 Å². The minimum atomic E-state index is -3.51. The Bertz CT molecular complexity index is 560. The third-order valence-corrected chi connectivity index (χ3v) is 4.85. The summed E-state index contributed by atoms with van der Waals surface area (Å²) in [6.07, 6.45) is 2.54. The van der Waals surface area contributed by atoms with Crippen LogP contribution in [0.2, 0.25) is 0 Å². The lowest BCUT2D eigenvalue weighted by molar-refractivity contribution is 0.0741. The van der Waals surface area contributed by atoms with Crippen LogP contribution < -0.4 is 5.73 Å². The molecule has 2 rings (SSSR count). The van der Waals surface area contributed by atoms with Crippen molar-refractivity contribution in [1.82, 2.24) is 14.1 Å². The molecule has 1 fully saturated rings. The Morgan fingerprint density at radius 2 is 2.11 bits per heavy atom. The van der Waals surface area contributed by atoms with Gasteiger partial charge >= 0.3 is 6.09 Å². The maximum atomic E-state index is 12.3. The van der Waals surface area contributed by atoms with Gasteiger partial charge in [-0.2, -0.15) is 9.40 Å². The molecule has 0 bridgehead atoms. The molecule has 1 aromatic rings. The molecular weight excluding hydrogens is 272 g/mol. The number of hydrogen-bond donors (Lipinski definition) is 1. The third-order valence-electron chi connectivity index (χ3n) is 3.00. The molecule has 1 aromatic heterocycles. The number of rotatable bonds is 3. The molecular formula is C10H16N4O4S. The van der Waals surface area contributed by atoms with Crippen molar-refractivity contribution in [2.45, 2.75) is 23.8 Å². The van der Waals surface area contributed by atoms with E-state index in [4.69, 9.17) is 10.5 Å². The molecule has 1 saturated heterocycles. The molecule has 0 radical (unpaired) electrons. The number of carbonyl (C=O) groups excluding carboxylic acids is 1. The Morgan fingerprint density at radius 1 is 1.47 bits per heavy atom. The lowest BCUT2D eigenvalue weighted by Gasteiger charge is -2.30. The average Bonchev–Trinajstić information content (AvgIpc) is 2.76. The first kappa shape index (κ1) is 13.8. The minimum absolute atomic E-state index is 0.171. The lowest BCUT2D eigenvalue weighted by Crippen LogP contribution is -2.41. The molecule has 1 aliphatic heterocycles. The first-order valence-corrected chi connectivity index (χ1v) is 7.28. The zero-order chi connectivity index (χ0) is 14.0. The van der Waals surface area contributed by atoms with Crippen LogP contribution >= 0.6 is 0 Å². The Balaban J connectivity index is 2.03. The van der Waals surface area contributed by atoms with Crippen molar-refractivity contribution < 1.29 is 17.9 Å². The maximum Gasteiger partial charge on any atom is 0.404 e. The van der Waals surface area contributed by atoms with Crippen LogP contribution in [0.25, 0.3) is 0 Å². The number of nitrogens with zero attached hydrogens (tertiary/aromatic N) is 3. The molecule has 0 atom stereocenters. The number of piperidine rings is 1.